The lowest BCUT2D eigenvalue weighted by atomic mass is 10.0. The lowest BCUT2D eigenvalue weighted by Gasteiger charge is -2.15. The van der Waals surface area contributed by atoms with Crippen LogP contribution >= 0.6 is 22.6 Å². The van der Waals surface area contributed by atoms with Crippen LogP contribution in [-0.4, -0.2) is 24.8 Å². The van der Waals surface area contributed by atoms with Gasteiger partial charge < -0.3 is 0 Å². The molecule has 114 valence electrons. The Morgan fingerprint density at radius 1 is 1.04 bits per heavy atom. The molecule has 4 rings (SSSR count). The van der Waals surface area contributed by atoms with Crippen LogP contribution < -0.4 is 0 Å². The first-order chi connectivity index (χ1) is 11.1. The number of benzene rings is 1. The molecule has 1 aromatic carbocycles. The van der Waals surface area contributed by atoms with Crippen LogP contribution in [0, 0.1) is 3.70 Å². The smallest absolute Gasteiger partial charge is 0.256 e. The van der Waals surface area contributed by atoms with Gasteiger partial charge >= 0.3 is 5.92 Å². The van der Waals surface area contributed by atoms with Gasteiger partial charge in [-0.05, 0) is 52.9 Å². The molecule has 0 aliphatic heterocycles. The monoisotopic (exact) mass is 423 g/mol. The summed E-state index contributed by atoms with van der Waals surface area (Å²) in [4.78, 5) is 4.14. The summed E-state index contributed by atoms with van der Waals surface area (Å²) < 4.78 is 31.5. The highest BCUT2D eigenvalue weighted by atomic mass is 127. The van der Waals surface area contributed by atoms with Gasteiger partial charge in [0.15, 0.2) is 5.65 Å². The van der Waals surface area contributed by atoms with Gasteiger partial charge in [-0.3, -0.25) is 4.98 Å². The maximum absolute atomic E-state index is 14.9. The summed E-state index contributed by atoms with van der Waals surface area (Å²) in [6.07, 6.45) is 1.62. The topological polar surface area (TPSA) is 56.0 Å². The normalized spacial score (nSPS) is 12.1. The number of halogens is 3. The zero-order valence-corrected chi connectivity index (χ0v) is 13.6. The van der Waals surface area contributed by atoms with E-state index in [1.807, 2.05) is 22.6 Å². The Morgan fingerprint density at radius 3 is 2.78 bits per heavy atom. The molecule has 0 saturated heterocycles. The first-order valence-electron chi connectivity index (χ1n) is 6.67. The van der Waals surface area contributed by atoms with E-state index in [0.29, 0.717) is 14.6 Å². The SMILES string of the molecule is FC(F)(c1ccc2ncccc2c1)c1nnc2ccc(I)nn12. The molecule has 0 radical (unpaired) electrons. The molecule has 8 heteroatoms. The predicted octanol–water partition coefficient (Wildman–Crippen LogP) is 3.42. The summed E-state index contributed by atoms with van der Waals surface area (Å²) in [6.45, 7) is 0. The average molecular weight is 423 g/mol. The van der Waals surface area contributed by atoms with Crippen LogP contribution in [0.4, 0.5) is 8.78 Å². The summed E-state index contributed by atoms with van der Waals surface area (Å²) in [7, 11) is 0. The minimum atomic E-state index is -3.32. The van der Waals surface area contributed by atoms with Gasteiger partial charge in [-0.1, -0.05) is 12.1 Å². The highest BCUT2D eigenvalue weighted by Crippen LogP contribution is 2.35. The Labute approximate surface area is 142 Å². The maximum Gasteiger partial charge on any atom is 0.333 e. The molecular weight excluding hydrogens is 415 g/mol. The third-order valence-corrected chi connectivity index (χ3v) is 4.05. The molecule has 0 bridgehead atoms. The van der Waals surface area contributed by atoms with Crippen molar-refractivity contribution in [2.45, 2.75) is 5.92 Å². The molecule has 3 heterocycles. The number of nitrogens with zero attached hydrogens (tertiary/aromatic N) is 5. The van der Waals surface area contributed by atoms with Gasteiger partial charge in [0, 0.05) is 17.1 Å². The largest absolute Gasteiger partial charge is 0.333 e. The molecule has 0 spiro atoms. The van der Waals surface area contributed by atoms with E-state index in [0.717, 1.165) is 4.52 Å². The van der Waals surface area contributed by atoms with Crippen molar-refractivity contribution in [3.05, 3.63) is 63.7 Å². The van der Waals surface area contributed by atoms with Crippen molar-refractivity contribution in [3.8, 4) is 0 Å². The van der Waals surface area contributed by atoms with Gasteiger partial charge in [0.1, 0.15) is 3.70 Å². The molecule has 0 amide bonds. The van der Waals surface area contributed by atoms with Gasteiger partial charge in [-0.25, -0.2) is 0 Å². The zero-order chi connectivity index (χ0) is 16.0. The molecule has 0 N–H and O–H groups in total. The fraction of sp³-hybridized carbons (Fsp3) is 0.0667. The second-order valence-corrected chi connectivity index (χ2v) is 6.04. The lowest BCUT2D eigenvalue weighted by molar-refractivity contribution is 0.0307. The fourth-order valence-corrected chi connectivity index (χ4v) is 2.76. The second kappa shape index (κ2) is 5.15. The van der Waals surface area contributed by atoms with Crippen molar-refractivity contribution >= 4 is 39.1 Å². The van der Waals surface area contributed by atoms with Gasteiger partial charge in [-0.15, -0.1) is 10.2 Å². The minimum absolute atomic E-state index is 0.173. The van der Waals surface area contributed by atoms with Crippen LogP contribution in [0.15, 0.2) is 48.7 Å². The minimum Gasteiger partial charge on any atom is -0.256 e. The number of pyridine rings is 1. The summed E-state index contributed by atoms with van der Waals surface area (Å²) in [5.41, 5.74) is 0.765. The number of fused-ring (bicyclic) bond motifs is 2. The number of hydrogen-bond donors (Lipinski definition) is 0. The van der Waals surface area contributed by atoms with Gasteiger partial charge in [0.2, 0.25) is 5.82 Å². The molecule has 4 aromatic rings. The average Bonchev–Trinajstić information content (AvgIpc) is 2.98. The fourth-order valence-electron chi connectivity index (χ4n) is 2.36. The van der Waals surface area contributed by atoms with Gasteiger partial charge in [0.25, 0.3) is 0 Å². The van der Waals surface area contributed by atoms with Gasteiger partial charge in [0.05, 0.1) is 5.52 Å². The Morgan fingerprint density at radius 2 is 1.91 bits per heavy atom. The zero-order valence-electron chi connectivity index (χ0n) is 11.5. The van der Waals surface area contributed by atoms with Crippen molar-refractivity contribution in [2.75, 3.05) is 0 Å². The van der Waals surface area contributed by atoms with Crippen molar-refractivity contribution in [3.63, 3.8) is 0 Å². The van der Waals surface area contributed by atoms with Crippen molar-refractivity contribution in [1.82, 2.24) is 24.8 Å². The van der Waals surface area contributed by atoms with Crippen LogP contribution in [0.1, 0.15) is 11.4 Å². The van der Waals surface area contributed by atoms with Crippen molar-refractivity contribution in [2.24, 2.45) is 0 Å². The molecule has 0 unspecified atom stereocenters. The Kier molecular flexibility index (Phi) is 3.22. The second-order valence-electron chi connectivity index (χ2n) is 4.93. The van der Waals surface area contributed by atoms with Gasteiger partial charge in [-0.2, -0.15) is 18.4 Å². The Bertz CT molecular complexity index is 1030. The van der Waals surface area contributed by atoms with Crippen LogP contribution in [0.3, 0.4) is 0 Å². The molecule has 0 fully saturated rings. The molecule has 0 aliphatic rings. The van der Waals surface area contributed by atoms with Crippen LogP contribution in [-0.2, 0) is 5.92 Å². The van der Waals surface area contributed by atoms with E-state index in [2.05, 4.69) is 20.3 Å². The van der Waals surface area contributed by atoms with Crippen molar-refractivity contribution in [1.29, 1.82) is 0 Å². The molecular formula is C15H8F2IN5. The van der Waals surface area contributed by atoms with E-state index >= 15 is 0 Å². The summed E-state index contributed by atoms with van der Waals surface area (Å²) in [5, 5.41) is 12.1. The summed E-state index contributed by atoms with van der Waals surface area (Å²) in [5.74, 6) is -3.82. The number of aromatic nitrogens is 5. The van der Waals surface area contributed by atoms with Crippen LogP contribution in [0.5, 0.6) is 0 Å². The number of alkyl halides is 2. The molecule has 5 nitrogen and oxygen atoms in total. The Hall–Kier alpha value is -2.23. The standard InChI is InChI=1S/C15H8F2IN5/c16-15(17,10-3-4-11-9(8-10)2-1-7-19-11)14-21-20-13-6-5-12(18)22-23(13)14/h1-8H. The quantitative estimate of drug-likeness (QED) is 0.464. The van der Waals surface area contributed by atoms with Crippen LogP contribution in [0.2, 0.25) is 0 Å². The molecule has 0 aliphatic carbocycles. The molecule has 23 heavy (non-hydrogen) atoms. The van der Waals surface area contributed by atoms with E-state index in [9.17, 15) is 8.78 Å². The summed E-state index contributed by atoms with van der Waals surface area (Å²) in [6, 6.07) is 11.1. The lowest BCUT2D eigenvalue weighted by Crippen LogP contribution is -2.20. The molecule has 3 aromatic heterocycles. The molecule has 0 atom stereocenters. The first-order valence-corrected chi connectivity index (χ1v) is 7.75. The van der Waals surface area contributed by atoms with E-state index in [1.165, 1.54) is 12.1 Å². The number of rotatable bonds is 2. The highest BCUT2D eigenvalue weighted by Gasteiger charge is 2.40. The van der Waals surface area contributed by atoms with E-state index in [-0.39, 0.29) is 11.2 Å². The summed E-state index contributed by atoms with van der Waals surface area (Å²) >= 11 is 1.96. The highest BCUT2D eigenvalue weighted by molar-refractivity contribution is 14.1. The Balaban J connectivity index is 1.91. The third-order valence-electron chi connectivity index (χ3n) is 3.48. The number of hydrogen-bond acceptors (Lipinski definition) is 4. The predicted molar refractivity (Wildman–Crippen MR) is 88.2 cm³/mol. The van der Waals surface area contributed by atoms with E-state index in [1.54, 1.807) is 36.5 Å². The van der Waals surface area contributed by atoms with Crippen LogP contribution in [0.25, 0.3) is 16.6 Å². The first kappa shape index (κ1) is 14.4. The molecule has 0 saturated carbocycles. The van der Waals surface area contributed by atoms with E-state index in [4.69, 9.17) is 0 Å². The van der Waals surface area contributed by atoms with Crippen molar-refractivity contribution < 1.29 is 8.78 Å². The third kappa shape index (κ3) is 2.33. The maximum atomic E-state index is 14.9. The van der Waals surface area contributed by atoms with E-state index < -0.39 is 11.7 Å².